The molecule has 0 aliphatic carbocycles. The normalized spacial score (nSPS) is 12.0. The molecule has 3 N–H and O–H groups in total. The van der Waals surface area contributed by atoms with Gasteiger partial charge in [0.2, 0.25) is 0 Å². The van der Waals surface area contributed by atoms with Crippen molar-refractivity contribution < 1.29 is 9.47 Å². The maximum atomic E-state index is 6.27. The van der Waals surface area contributed by atoms with Crippen LogP contribution in [0.5, 0.6) is 11.5 Å². The summed E-state index contributed by atoms with van der Waals surface area (Å²) in [5.74, 6) is 2.75. The second kappa shape index (κ2) is 6.50. The molecule has 0 aliphatic heterocycles. The Bertz CT molecular complexity index is 783. The average molecular weight is 310 g/mol. The van der Waals surface area contributed by atoms with Crippen LogP contribution in [0, 0.1) is 0 Å². The Balaban J connectivity index is 1.85. The van der Waals surface area contributed by atoms with Gasteiger partial charge in [-0.15, -0.1) is 0 Å². The third-order valence-corrected chi connectivity index (χ3v) is 3.60. The largest absolute Gasteiger partial charge is 0.497 e. The number of hydrogen-bond donors (Lipinski definition) is 2. The Morgan fingerprint density at radius 2 is 1.74 bits per heavy atom. The van der Waals surface area contributed by atoms with E-state index in [0.717, 1.165) is 22.6 Å². The monoisotopic (exact) mass is 310 g/mol. The molecule has 6 heteroatoms. The lowest BCUT2D eigenvalue weighted by atomic mass is 10.1. The summed E-state index contributed by atoms with van der Waals surface area (Å²) >= 11 is 0. The summed E-state index contributed by atoms with van der Waals surface area (Å²) in [5, 5.41) is 7.15. The summed E-state index contributed by atoms with van der Waals surface area (Å²) < 4.78 is 10.4. The number of aromatic nitrogens is 3. The first-order valence-electron chi connectivity index (χ1n) is 7.17. The molecule has 0 amide bonds. The summed E-state index contributed by atoms with van der Waals surface area (Å²) in [6, 6.07) is 14.7. The van der Waals surface area contributed by atoms with Crippen LogP contribution in [0.2, 0.25) is 0 Å². The van der Waals surface area contributed by atoms with Gasteiger partial charge in [0.05, 0.1) is 20.3 Å². The summed E-state index contributed by atoms with van der Waals surface area (Å²) in [6.07, 6.45) is 0. The van der Waals surface area contributed by atoms with E-state index in [1.54, 1.807) is 14.2 Å². The maximum absolute atomic E-state index is 6.27. The van der Waals surface area contributed by atoms with Crippen LogP contribution < -0.4 is 15.2 Å². The molecule has 1 atom stereocenters. The number of aromatic amines is 1. The summed E-state index contributed by atoms with van der Waals surface area (Å²) in [6.45, 7) is 0. The molecular weight excluding hydrogens is 292 g/mol. The van der Waals surface area contributed by atoms with E-state index in [1.165, 1.54) is 0 Å². The predicted molar refractivity (Wildman–Crippen MR) is 87.4 cm³/mol. The van der Waals surface area contributed by atoms with Gasteiger partial charge in [-0.05, 0) is 42.0 Å². The minimum Gasteiger partial charge on any atom is -0.497 e. The molecule has 1 heterocycles. The number of methoxy groups -OCH3 is 2. The number of ether oxygens (including phenoxy) is 2. The first-order chi connectivity index (χ1) is 11.2. The predicted octanol–water partition coefficient (Wildman–Crippen LogP) is 2.54. The van der Waals surface area contributed by atoms with E-state index in [-0.39, 0.29) is 0 Å². The van der Waals surface area contributed by atoms with Crippen molar-refractivity contribution >= 4 is 0 Å². The molecule has 0 fully saturated rings. The minimum absolute atomic E-state index is 0.399. The molecule has 6 nitrogen and oxygen atoms in total. The van der Waals surface area contributed by atoms with Gasteiger partial charge in [0.15, 0.2) is 5.82 Å². The fourth-order valence-corrected chi connectivity index (χ4v) is 2.28. The van der Waals surface area contributed by atoms with Crippen LogP contribution in [-0.4, -0.2) is 29.4 Å². The number of benzene rings is 2. The SMILES string of the molecule is COc1ccc(-c2n[nH]c(C(N)c3cccc(OC)c3)n2)cc1. The Labute approximate surface area is 134 Å². The molecular formula is C17H18N4O2. The molecule has 0 spiro atoms. The van der Waals surface area contributed by atoms with Crippen molar-refractivity contribution in [2.24, 2.45) is 5.73 Å². The number of rotatable bonds is 5. The summed E-state index contributed by atoms with van der Waals surface area (Å²) in [7, 11) is 3.26. The zero-order valence-electron chi connectivity index (χ0n) is 13.0. The average Bonchev–Trinajstić information content (AvgIpc) is 3.11. The minimum atomic E-state index is -0.399. The molecule has 1 unspecified atom stereocenters. The van der Waals surface area contributed by atoms with Gasteiger partial charge in [-0.1, -0.05) is 12.1 Å². The molecule has 0 aliphatic rings. The number of nitrogens with one attached hydrogen (secondary N) is 1. The molecule has 23 heavy (non-hydrogen) atoms. The topological polar surface area (TPSA) is 86.0 Å². The molecule has 0 radical (unpaired) electrons. The smallest absolute Gasteiger partial charge is 0.181 e. The number of nitrogens with two attached hydrogens (primary N) is 1. The van der Waals surface area contributed by atoms with Gasteiger partial charge >= 0.3 is 0 Å². The summed E-state index contributed by atoms with van der Waals surface area (Å²) in [5.41, 5.74) is 8.07. The van der Waals surface area contributed by atoms with Crippen LogP contribution in [0.1, 0.15) is 17.4 Å². The molecule has 0 saturated carbocycles. The number of nitrogens with zero attached hydrogens (tertiary/aromatic N) is 2. The van der Waals surface area contributed by atoms with E-state index in [2.05, 4.69) is 15.2 Å². The fourth-order valence-electron chi connectivity index (χ4n) is 2.28. The van der Waals surface area contributed by atoms with E-state index < -0.39 is 6.04 Å². The van der Waals surface area contributed by atoms with Crippen LogP contribution >= 0.6 is 0 Å². The van der Waals surface area contributed by atoms with Gasteiger partial charge < -0.3 is 15.2 Å². The van der Waals surface area contributed by atoms with Crippen LogP contribution in [0.4, 0.5) is 0 Å². The highest BCUT2D eigenvalue weighted by Crippen LogP contribution is 2.24. The van der Waals surface area contributed by atoms with Gasteiger partial charge in [-0.2, -0.15) is 5.10 Å². The fraction of sp³-hybridized carbons (Fsp3) is 0.176. The lowest BCUT2D eigenvalue weighted by Gasteiger charge is -2.09. The van der Waals surface area contributed by atoms with Crippen molar-refractivity contribution in [3.8, 4) is 22.9 Å². The number of H-pyrrole nitrogens is 1. The van der Waals surface area contributed by atoms with E-state index in [0.29, 0.717) is 11.6 Å². The van der Waals surface area contributed by atoms with Crippen molar-refractivity contribution in [3.05, 3.63) is 59.9 Å². The molecule has 0 saturated heterocycles. The second-order valence-electron chi connectivity index (χ2n) is 5.03. The first-order valence-corrected chi connectivity index (χ1v) is 7.17. The Kier molecular flexibility index (Phi) is 4.25. The highest BCUT2D eigenvalue weighted by atomic mass is 16.5. The van der Waals surface area contributed by atoms with Gasteiger partial charge in [-0.3, -0.25) is 5.10 Å². The third kappa shape index (κ3) is 3.17. The van der Waals surface area contributed by atoms with E-state index in [9.17, 15) is 0 Å². The van der Waals surface area contributed by atoms with Crippen molar-refractivity contribution in [1.82, 2.24) is 15.2 Å². The molecule has 2 aromatic carbocycles. The summed E-state index contributed by atoms with van der Waals surface area (Å²) in [4.78, 5) is 4.49. The van der Waals surface area contributed by atoms with Crippen molar-refractivity contribution in [3.63, 3.8) is 0 Å². The van der Waals surface area contributed by atoms with Crippen molar-refractivity contribution in [2.75, 3.05) is 14.2 Å². The van der Waals surface area contributed by atoms with Crippen molar-refractivity contribution in [1.29, 1.82) is 0 Å². The van der Waals surface area contributed by atoms with Crippen LogP contribution in [-0.2, 0) is 0 Å². The highest BCUT2D eigenvalue weighted by Gasteiger charge is 2.15. The van der Waals surface area contributed by atoms with Crippen molar-refractivity contribution in [2.45, 2.75) is 6.04 Å². The molecule has 118 valence electrons. The lowest BCUT2D eigenvalue weighted by Crippen LogP contribution is -2.13. The van der Waals surface area contributed by atoms with Crippen LogP contribution in [0.3, 0.4) is 0 Å². The lowest BCUT2D eigenvalue weighted by molar-refractivity contribution is 0.414. The van der Waals surface area contributed by atoms with Gasteiger partial charge in [0.25, 0.3) is 0 Å². The van der Waals surface area contributed by atoms with Gasteiger partial charge in [-0.25, -0.2) is 4.98 Å². The Hall–Kier alpha value is -2.86. The molecule has 3 aromatic rings. The second-order valence-corrected chi connectivity index (χ2v) is 5.03. The molecule has 1 aromatic heterocycles. The molecule has 0 bridgehead atoms. The van der Waals surface area contributed by atoms with E-state index in [1.807, 2.05) is 48.5 Å². The number of hydrogen-bond acceptors (Lipinski definition) is 5. The third-order valence-electron chi connectivity index (χ3n) is 3.60. The van der Waals surface area contributed by atoms with E-state index >= 15 is 0 Å². The highest BCUT2D eigenvalue weighted by molar-refractivity contribution is 5.56. The Morgan fingerprint density at radius 1 is 1.00 bits per heavy atom. The van der Waals surface area contributed by atoms with Gasteiger partial charge in [0, 0.05) is 5.56 Å². The quantitative estimate of drug-likeness (QED) is 0.756. The molecule has 3 rings (SSSR count). The van der Waals surface area contributed by atoms with Gasteiger partial charge in [0.1, 0.15) is 17.3 Å². The maximum Gasteiger partial charge on any atom is 0.181 e. The van der Waals surface area contributed by atoms with Crippen LogP contribution in [0.25, 0.3) is 11.4 Å². The first kappa shape index (κ1) is 15.1. The standard InChI is InChI=1S/C17H18N4O2/c1-22-13-8-6-11(7-9-13)16-19-17(21-20-16)15(18)12-4-3-5-14(10-12)23-2/h3-10,15H,18H2,1-2H3,(H,19,20,21). The zero-order valence-corrected chi connectivity index (χ0v) is 13.0. The zero-order chi connectivity index (χ0) is 16.2. The van der Waals surface area contributed by atoms with Crippen LogP contribution in [0.15, 0.2) is 48.5 Å². The Morgan fingerprint density at radius 3 is 2.43 bits per heavy atom. The van der Waals surface area contributed by atoms with E-state index in [4.69, 9.17) is 15.2 Å².